The molecule has 1 aliphatic rings. The zero-order valence-electron chi connectivity index (χ0n) is 13.1. The second kappa shape index (κ2) is 6.77. The van der Waals surface area contributed by atoms with Gasteiger partial charge in [-0.1, -0.05) is 6.07 Å². The number of nitrogens with one attached hydrogen (secondary N) is 1. The van der Waals surface area contributed by atoms with Crippen LogP contribution in [0.15, 0.2) is 42.7 Å². The number of amides is 1. The Kier molecular flexibility index (Phi) is 4.55. The molecule has 0 bridgehead atoms. The fourth-order valence-corrected chi connectivity index (χ4v) is 2.87. The summed E-state index contributed by atoms with van der Waals surface area (Å²) in [5, 5.41) is 2.83. The van der Waals surface area contributed by atoms with Crippen molar-refractivity contribution in [1.82, 2.24) is 4.98 Å². The monoisotopic (exact) mass is 313 g/mol. The summed E-state index contributed by atoms with van der Waals surface area (Å²) in [6.45, 7) is 3.38. The van der Waals surface area contributed by atoms with Crippen LogP contribution >= 0.6 is 0 Å². The highest BCUT2D eigenvalue weighted by atomic mass is 19.1. The SMILES string of the molecule is Cc1ccc(NC(=O)C2CCN(c3ccncc3)CC2)cc1F. The van der Waals surface area contributed by atoms with Gasteiger partial charge in [-0.2, -0.15) is 0 Å². The van der Waals surface area contributed by atoms with Gasteiger partial charge in [0.1, 0.15) is 5.82 Å². The zero-order valence-corrected chi connectivity index (χ0v) is 13.1. The van der Waals surface area contributed by atoms with Crippen molar-refractivity contribution >= 4 is 17.3 Å². The van der Waals surface area contributed by atoms with Gasteiger partial charge in [0.15, 0.2) is 0 Å². The number of aryl methyl sites for hydroxylation is 1. The van der Waals surface area contributed by atoms with Gasteiger partial charge in [-0.05, 0) is 49.6 Å². The molecule has 0 spiro atoms. The van der Waals surface area contributed by atoms with Crippen LogP contribution in [0.4, 0.5) is 15.8 Å². The van der Waals surface area contributed by atoms with Crippen LogP contribution in [0.1, 0.15) is 18.4 Å². The molecule has 1 fully saturated rings. The Balaban J connectivity index is 1.57. The van der Waals surface area contributed by atoms with Gasteiger partial charge in [0.25, 0.3) is 0 Å². The molecule has 2 heterocycles. The second-order valence-electron chi connectivity index (χ2n) is 5.92. The highest BCUT2D eigenvalue weighted by Crippen LogP contribution is 2.24. The van der Waals surface area contributed by atoms with E-state index in [1.807, 2.05) is 12.1 Å². The molecule has 23 heavy (non-hydrogen) atoms. The molecule has 0 aliphatic carbocycles. The van der Waals surface area contributed by atoms with Gasteiger partial charge in [-0.25, -0.2) is 4.39 Å². The molecule has 0 atom stereocenters. The zero-order chi connectivity index (χ0) is 16.2. The quantitative estimate of drug-likeness (QED) is 0.945. The van der Waals surface area contributed by atoms with Crippen molar-refractivity contribution in [2.24, 2.45) is 5.92 Å². The molecular weight excluding hydrogens is 293 g/mol. The molecule has 2 aromatic rings. The van der Waals surface area contributed by atoms with Crippen molar-refractivity contribution in [2.45, 2.75) is 19.8 Å². The first-order valence-corrected chi connectivity index (χ1v) is 7.85. The van der Waals surface area contributed by atoms with E-state index in [4.69, 9.17) is 0 Å². The number of nitrogens with zero attached hydrogens (tertiary/aromatic N) is 2. The van der Waals surface area contributed by atoms with Crippen LogP contribution in [0.5, 0.6) is 0 Å². The van der Waals surface area contributed by atoms with Gasteiger partial charge in [0.2, 0.25) is 5.91 Å². The fraction of sp³-hybridized carbons (Fsp3) is 0.333. The number of aromatic nitrogens is 1. The summed E-state index contributed by atoms with van der Waals surface area (Å²) in [5.41, 5.74) is 2.24. The average Bonchev–Trinajstić information content (AvgIpc) is 2.59. The smallest absolute Gasteiger partial charge is 0.227 e. The van der Waals surface area contributed by atoms with E-state index in [9.17, 15) is 9.18 Å². The van der Waals surface area contributed by atoms with Gasteiger partial charge >= 0.3 is 0 Å². The molecule has 1 aromatic carbocycles. The maximum atomic E-state index is 13.5. The fourth-order valence-electron chi connectivity index (χ4n) is 2.87. The average molecular weight is 313 g/mol. The molecule has 4 nitrogen and oxygen atoms in total. The van der Waals surface area contributed by atoms with E-state index in [1.165, 1.54) is 6.07 Å². The maximum absolute atomic E-state index is 13.5. The lowest BCUT2D eigenvalue weighted by molar-refractivity contribution is -0.120. The molecule has 0 unspecified atom stereocenters. The van der Waals surface area contributed by atoms with Crippen LogP contribution in [0.2, 0.25) is 0 Å². The molecular formula is C18H20FN3O. The number of hydrogen-bond acceptors (Lipinski definition) is 3. The lowest BCUT2D eigenvalue weighted by Crippen LogP contribution is -2.38. The topological polar surface area (TPSA) is 45.2 Å². The van der Waals surface area contributed by atoms with Crippen molar-refractivity contribution in [3.05, 3.63) is 54.1 Å². The van der Waals surface area contributed by atoms with Crippen molar-refractivity contribution < 1.29 is 9.18 Å². The Bertz CT molecular complexity index is 682. The summed E-state index contributed by atoms with van der Waals surface area (Å²) >= 11 is 0. The summed E-state index contributed by atoms with van der Waals surface area (Å²) in [6.07, 6.45) is 5.14. The molecule has 3 rings (SSSR count). The van der Waals surface area contributed by atoms with Gasteiger partial charge in [0.05, 0.1) is 0 Å². The molecule has 1 aromatic heterocycles. The molecule has 1 N–H and O–H groups in total. The number of anilines is 2. The van der Waals surface area contributed by atoms with Crippen LogP contribution < -0.4 is 10.2 Å². The van der Waals surface area contributed by atoms with E-state index in [-0.39, 0.29) is 17.6 Å². The predicted molar refractivity (Wildman–Crippen MR) is 88.9 cm³/mol. The largest absolute Gasteiger partial charge is 0.371 e. The number of benzene rings is 1. The summed E-state index contributed by atoms with van der Waals surface area (Å²) < 4.78 is 13.5. The first-order valence-electron chi connectivity index (χ1n) is 7.85. The van der Waals surface area contributed by atoms with Crippen LogP contribution in [0.25, 0.3) is 0 Å². The minimum atomic E-state index is -0.296. The number of halogens is 1. The van der Waals surface area contributed by atoms with E-state index < -0.39 is 0 Å². The van der Waals surface area contributed by atoms with Gasteiger partial charge in [0, 0.05) is 42.8 Å². The summed E-state index contributed by atoms with van der Waals surface area (Å²) in [6, 6.07) is 8.75. The van der Waals surface area contributed by atoms with E-state index in [0.29, 0.717) is 11.3 Å². The molecule has 1 aliphatic heterocycles. The van der Waals surface area contributed by atoms with E-state index >= 15 is 0 Å². The van der Waals surface area contributed by atoms with Crippen molar-refractivity contribution in [3.8, 4) is 0 Å². The summed E-state index contributed by atoms with van der Waals surface area (Å²) in [5.74, 6) is -0.351. The number of rotatable bonds is 3. The lowest BCUT2D eigenvalue weighted by atomic mass is 9.95. The third-order valence-corrected chi connectivity index (χ3v) is 4.33. The molecule has 0 radical (unpaired) electrons. The van der Waals surface area contributed by atoms with Crippen LogP contribution in [-0.2, 0) is 4.79 Å². The van der Waals surface area contributed by atoms with Crippen LogP contribution in [-0.4, -0.2) is 24.0 Å². The molecule has 1 amide bonds. The standard InChI is InChI=1S/C18H20FN3O/c1-13-2-3-15(12-17(13)19)21-18(23)14-6-10-22(11-7-14)16-4-8-20-9-5-16/h2-5,8-9,12,14H,6-7,10-11H2,1H3,(H,21,23). The summed E-state index contributed by atoms with van der Waals surface area (Å²) in [7, 11) is 0. The lowest BCUT2D eigenvalue weighted by Gasteiger charge is -2.32. The van der Waals surface area contributed by atoms with Crippen molar-refractivity contribution in [1.29, 1.82) is 0 Å². The van der Waals surface area contributed by atoms with Crippen LogP contribution in [0, 0.1) is 18.7 Å². The number of carbonyl (C=O) groups excluding carboxylic acids is 1. The predicted octanol–water partition coefficient (Wildman–Crippen LogP) is 3.38. The number of piperidine rings is 1. The minimum Gasteiger partial charge on any atom is -0.371 e. The molecule has 0 saturated carbocycles. The Labute approximate surface area is 135 Å². The maximum Gasteiger partial charge on any atom is 0.227 e. The number of carbonyl (C=O) groups is 1. The van der Waals surface area contributed by atoms with E-state index in [2.05, 4.69) is 15.2 Å². The van der Waals surface area contributed by atoms with Gasteiger partial charge in [-0.3, -0.25) is 9.78 Å². The van der Waals surface area contributed by atoms with Gasteiger partial charge < -0.3 is 10.2 Å². The molecule has 5 heteroatoms. The third-order valence-electron chi connectivity index (χ3n) is 4.33. The van der Waals surface area contributed by atoms with Crippen LogP contribution in [0.3, 0.4) is 0 Å². The highest BCUT2D eigenvalue weighted by molar-refractivity contribution is 5.92. The van der Waals surface area contributed by atoms with Crippen molar-refractivity contribution in [3.63, 3.8) is 0 Å². The first-order chi connectivity index (χ1) is 11.1. The molecule has 1 saturated heterocycles. The summed E-state index contributed by atoms with van der Waals surface area (Å²) in [4.78, 5) is 18.6. The number of hydrogen-bond donors (Lipinski definition) is 1. The molecule has 120 valence electrons. The number of pyridine rings is 1. The Morgan fingerprint density at radius 2 is 1.91 bits per heavy atom. The Hall–Kier alpha value is -2.43. The van der Waals surface area contributed by atoms with Crippen molar-refractivity contribution in [2.75, 3.05) is 23.3 Å². The third kappa shape index (κ3) is 3.67. The minimum absolute atomic E-state index is 0.0253. The highest BCUT2D eigenvalue weighted by Gasteiger charge is 2.25. The first kappa shape index (κ1) is 15.5. The second-order valence-corrected chi connectivity index (χ2v) is 5.92. The normalized spacial score (nSPS) is 15.5. The van der Waals surface area contributed by atoms with E-state index in [1.54, 1.807) is 31.5 Å². The Morgan fingerprint density at radius 1 is 1.22 bits per heavy atom. The van der Waals surface area contributed by atoms with E-state index in [0.717, 1.165) is 31.6 Å². The van der Waals surface area contributed by atoms with Gasteiger partial charge in [-0.15, -0.1) is 0 Å². The Morgan fingerprint density at radius 3 is 2.57 bits per heavy atom.